The van der Waals surface area contributed by atoms with E-state index in [1.54, 1.807) is 25.3 Å². The molecule has 0 fully saturated rings. The Kier molecular flexibility index (Phi) is 7.39. The molecular weight excluding hydrogens is 562 g/mol. The molecule has 0 saturated heterocycles. The third-order valence-corrected chi connectivity index (χ3v) is 9.92. The van der Waals surface area contributed by atoms with Crippen LogP contribution in [0.15, 0.2) is 82.1 Å². The minimum absolute atomic E-state index is 0.106. The van der Waals surface area contributed by atoms with E-state index >= 15 is 0 Å². The predicted molar refractivity (Wildman–Crippen MR) is 165 cm³/mol. The minimum Gasteiger partial charge on any atom is -0.871 e. The fourth-order valence-electron chi connectivity index (χ4n) is 6.60. The number of para-hydroxylation sites is 1. The van der Waals surface area contributed by atoms with Crippen LogP contribution in [0.1, 0.15) is 51.7 Å². The van der Waals surface area contributed by atoms with E-state index in [4.69, 9.17) is 0 Å². The number of fused-ring (bicyclic) bond motifs is 2. The van der Waals surface area contributed by atoms with Crippen molar-refractivity contribution in [3.63, 3.8) is 0 Å². The third-order valence-electron chi connectivity index (χ3n) is 9.09. The van der Waals surface area contributed by atoms with E-state index in [9.17, 15) is 22.9 Å². The van der Waals surface area contributed by atoms with Crippen LogP contribution in [-0.2, 0) is 25.7 Å². The Morgan fingerprint density at radius 3 is 2.26 bits per heavy atom. The van der Waals surface area contributed by atoms with Gasteiger partial charge in [-0.2, -0.15) is 4.58 Å². The number of anilines is 1. The van der Waals surface area contributed by atoms with Crippen LogP contribution < -0.4 is 10.0 Å². The Morgan fingerprint density at radius 2 is 1.63 bits per heavy atom. The smallest absolute Gasteiger partial charge is 0.209 e. The first-order valence-electron chi connectivity index (χ1n) is 14.6. The van der Waals surface area contributed by atoms with Crippen molar-refractivity contribution in [3.05, 3.63) is 88.3 Å². The molecule has 2 aliphatic heterocycles. The van der Waals surface area contributed by atoms with E-state index in [2.05, 4.69) is 52.0 Å². The number of hydrogen-bond donors (Lipinski definition) is 0. The summed E-state index contributed by atoms with van der Waals surface area (Å²) < 4.78 is 37.7. The van der Waals surface area contributed by atoms with Gasteiger partial charge in [-0.1, -0.05) is 37.8 Å². The molecule has 0 saturated carbocycles. The summed E-state index contributed by atoms with van der Waals surface area (Å²) in [5.74, 6) is -0.602. The number of carbonyl (C=O) groups is 1. The van der Waals surface area contributed by atoms with E-state index < -0.39 is 15.5 Å². The van der Waals surface area contributed by atoms with Crippen molar-refractivity contribution >= 4 is 33.0 Å². The molecule has 2 aromatic carbocycles. The zero-order valence-electron chi connectivity index (χ0n) is 26.3. The molecule has 0 aromatic heterocycles. The van der Waals surface area contributed by atoms with Crippen LogP contribution in [0, 0.1) is 0 Å². The van der Waals surface area contributed by atoms with Gasteiger partial charge in [-0.25, -0.2) is 8.42 Å². The molecule has 0 radical (unpaired) electrons. The molecule has 0 amide bonds. The van der Waals surface area contributed by atoms with Gasteiger partial charge < -0.3 is 19.0 Å². The molecule has 9 heteroatoms. The van der Waals surface area contributed by atoms with Gasteiger partial charge in [0.05, 0.1) is 38.0 Å². The topological polar surface area (TPSA) is 104 Å². The molecule has 228 valence electrons. The highest BCUT2D eigenvalue weighted by atomic mass is 32.2. The highest BCUT2D eigenvalue weighted by molar-refractivity contribution is 7.85. The van der Waals surface area contributed by atoms with Gasteiger partial charge in [0, 0.05) is 52.2 Å². The van der Waals surface area contributed by atoms with Gasteiger partial charge in [0.2, 0.25) is 5.69 Å². The molecule has 0 spiro atoms. The maximum Gasteiger partial charge on any atom is 0.209 e. The average Bonchev–Trinajstić information content (AvgIpc) is 3.24. The Bertz CT molecular complexity index is 1770. The Morgan fingerprint density at radius 1 is 0.953 bits per heavy atom. The van der Waals surface area contributed by atoms with E-state index in [-0.39, 0.29) is 33.0 Å². The lowest BCUT2D eigenvalue weighted by Gasteiger charge is -2.33. The van der Waals surface area contributed by atoms with Crippen molar-refractivity contribution in [3.8, 4) is 0 Å². The normalized spacial score (nSPS) is 21.1. The Labute approximate surface area is 255 Å². The number of rotatable bonds is 8. The van der Waals surface area contributed by atoms with Gasteiger partial charge >= 0.3 is 0 Å². The average molecular weight is 604 g/mol. The molecule has 43 heavy (non-hydrogen) atoms. The summed E-state index contributed by atoms with van der Waals surface area (Å²) >= 11 is 0. The van der Waals surface area contributed by atoms with Gasteiger partial charge in [-0.05, 0) is 56.5 Å². The van der Waals surface area contributed by atoms with Gasteiger partial charge in [-0.15, -0.1) is 0 Å². The van der Waals surface area contributed by atoms with Gasteiger partial charge in [0.15, 0.2) is 11.5 Å². The van der Waals surface area contributed by atoms with Crippen LogP contribution in [0.3, 0.4) is 0 Å². The lowest BCUT2D eigenvalue weighted by Crippen LogP contribution is -2.36. The molecular formula is C34H41N3O5S. The summed E-state index contributed by atoms with van der Waals surface area (Å²) in [5.41, 5.74) is 4.45. The van der Waals surface area contributed by atoms with E-state index in [0.717, 1.165) is 47.5 Å². The van der Waals surface area contributed by atoms with Crippen LogP contribution >= 0.6 is 0 Å². The molecule has 8 nitrogen and oxygen atoms in total. The first kappa shape index (κ1) is 30.9. The number of quaternary nitrogens is 1. The van der Waals surface area contributed by atoms with Crippen LogP contribution in [-0.4, -0.2) is 74.8 Å². The molecule has 5 rings (SSSR count). The zero-order chi connectivity index (χ0) is 31.7. The summed E-state index contributed by atoms with van der Waals surface area (Å²) in [7, 11) is 3.74. The number of hydrogen-bond acceptors (Lipinski definition) is 6. The summed E-state index contributed by atoms with van der Waals surface area (Å²) in [6, 6.07) is 12.5. The lowest BCUT2D eigenvalue weighted by molar-refractivity contribution is -0.870. The Hall–Kier alpha value is -3.53. The predicted octanol–water partition coefficient (Wildman–Crippen LogP) is 3.89. The van der Waals surface area contributed by atoms with Crippen LogP contribution in [0.2, 0.25) is 0 Å². The maximum absolute atomic E-state index is 13.5. The van der Waals surface area contributed by atoms with Gasteiger partial charge in [0.1, 0.15) is 17.2 Å². The summed E-state index contributed by atoms with van der Waals surface area (Å²) in [6.07, 6.45) is 5.45. The number of Topliss-reactive ketones (excluding diaryl/α,β-unsaturated/α-hetero) is 1. The highest BCUT2D eigenvalue weighted by Crippen LogP contribution is 2.49. The molecule has 2 aromatic rings. The zero-order valence-corrected chi connectivity index (χ0v) is 27.1. The van der Waals surface area contributed by atoms with Crippen molar-refractivity contribution in [2.45, 2.75) is 56.3 Å². The molecule has 1 aliphatic carbocycles. The molecule has 3 aliphatic rings. The molecule has 0 atom stereocenters. The van der Waals surface area contributed by atoms with Crippen LogP contribution in [0.4, 0.5) is 11.4 Å². The number of nitrogens with zero attached hydrogens (tertiary/aromatic N) is 3. The summed E-state index contributed by atoms with van der Waals surface area (Å²) in [5, 5.41) is 13.5. The van der Waals surface area contributed by atoms with Crippen molar-refractivity contribution in [1.29, 1.82) is 0 Å². The third kappa shape index (κ3) is 5.28. The van der Waals surface area contributed by atoms with Crippen molar-refractivity contribution in [2.75, 3.05) is 46.2 Å². The van der Waals surface area contributed by atoms with Crippen LogP contribution in [0.5, 0.6) is 0 Å². The summed E-state index contributed by atoms with van der Waals surface area (Å²) in [6.45, 7) is 9.89. The standard InChI is InChI=1S/C34H41N3O5S/c1-33(2)25-13-9-10-14-28(25)36(17-11-12-18-37(6,7)8)30(33)21-24-31(38)23(32(24)39)20-29-34(3,4)26-19-22(43(40,41)42)15-16-27(26)35(29)5/h9-10,13-16,19-21H,11-12,17-18H2,1-8H3. The SMILES string of the molecule is C[N+]1=C(/C=C2\C(=O)C(/C=C3/N(CCCC[N+](C)(C)C)c4ccccc4C3(C)C)=C2[O-])C(C)(C)c2cc(S(=O)(=O)[O-])ccc21. The quantitative estimate of drug-likeness (QED) is 0.149. The monoisotopic (exact) mass is 603 g/mol. The molecule has 0 N–H and O–H groups in total. The molecule has 2 heterocycles. The minimum atomic E-state index is -4.63. The van der Waals surface area contributed by atoms with Crippen LogP contribution in [0.25, 0.3) is 0 Å². The fourth-order valence-corrected chi connectivity index (χ4v) is 7.09. The maximum atomic E-state index is 13.5. The molecule has 0 bridgehead atoms. The van der Waals surface area contributed by atoms with Gasteiger partial charge in [-0.3, -0.25) is 4.79 Å². The number of allylic oxidation sites excluding steroid dienone is 5. The van der Waals surface area contributed by atoms with Gasteiger partial charge in [0.25, 0.3) is 0 Å². The highest BCUT2D eigenvalue weighted by Gasteiger charge is 2.45. The first-order valence-corrected chi connectivity index (χ1v) is 16.1. The largest absolute Gasteiger partial charge is 0.871 e. The second kappa shape index (κ2) is 10.3. The lowest BCUT2D eigenvalue weighted by atomic mass is 9.77. The summed E-state index contributed by atoms with van der Waals surface area (Å²) in [4.78, 5) is 15.5. The van der Waals surface area contributed by atoms with Crippen molar-refractivity contribution in [1.82, 2.24) is 0 Å². The second-order valence-electron chi connectivity index (χ2n) is 13.9. The van der Waals surface area contributed by atoms with E-state index in [1.807, 2.05) is 30.6 Å². The van der Waals surface area contributed by atoms with Crippen molar-refractivity contribution < 1.29 is 31.9 Å². The number of carbonyl (C=O) groups excluding carboxylic acids is 1. The van der Waals surface area contributed by atoms with E-state index in [1.165, 1.54) is 17.7 Å². The first-order chi connectivity index (χ1) is 19.9. The van der Waals surface area contributed by atoms with E-state index in [0.29, 0.717) is 11.3 Å². The second-order valence-corrected chi connectivity index (χ2v) is 15.3. The Balaban J connectivity index is 1.49. The number of ketones is 1. The number of benzene rings is 2. The fraction of sp³-hybridized carbons (Fsp3) is 0.412. The molecule has 0 unspecified atom stereocenters. The number of unbranched alkanes of at least 4 members (excludes halogenated alkanes) is 1. The van der Waals surface area contributed by atoms with Crippen molar-refractivity contribution in [2.24, 2.45) is 0 Å².